The lowest BCUT2D eigenvalue weighted by Crippen LogP contribution is -2.32. The Kier molecular flexibility index (Phi) is 1.77. The van der Waals surface area contributed by atoms with Crippen LogP contribution < -0.4 is 4.90 Å². The lowest BCUT2D eigenvalue weighted by molar-refractivity contribution is -0.117. The SMILES string of the molecule is CC1(C)CN2C(=O)Cc3cc4c(O)cccc4c1c32. The molecular formula is C16H15NO2. The molecule has 3 nitrogen and oxygen atoms in total. The molecule has 0 radical (unpaired) electrons. The molecule has 0 aliphatic carbocycles. The van der Waals surface area contributed by atoms with Gasteiger partial charge in [0.05, 0.1) is 12.1 Å². The van der Waals surface area contributed by atoms with Crippen LogP contribution in [0, 0.1) is 0 Å². The summed E-state index contributed by atoms with van der Waals surface area (Å²) in [5.41, 5.74) is 3.29. The smallest absolute Gasteiger partial charge is 0.231 e. The first-order valence-electron chi connectivity index (χ1n) is 6.57. The standard InChI is InChI=1S/C16H15NO2/c1-16(2)8-17-13(19)7-9-6-11-10(14(16)15(9)17)4-3-5-12(11)18/h3-6,18H,7-8H2,1-2H3. The molecule has 0 unspecified atom stereocenters. The van der Waals surface area contributed by atoms with Gasteiger partial charge in [-0.05, 0) is 28.6 Å². The first kappa shape index (κ1) is 10.9. The lowest BCUT2D eigenvalue weighted by Gasteiger charge is -2.21. The molecule has 0 saturated carbocycles. The molecule has 2 aromatic rings. The summed E-state index contributed by atoms with van der Waals surface area (Å²) in [7, 11) is 0. The van der Waals surface area contributed by atoms with E-state index in [1.807, 2.05) is 23.1 Å². The van der Waals surface area contributed by atoms with Gasteiger partial charge < -0.3 is 10.0 Å². The van der Waals surface area contributed by atoms with Crippen molar-refractivity contribution in [2.75, 3.05) is 11.4 Å². The van der Waals surface area contributed by atoms with E-state index in [-0.39, 0.29) is 11.3 Å². The number of hydrogen-bond donors (Lipinski definition) is 1. The first-order valence-corrected chi connectivity index (χ1v) is 6.57. The molecule has 2 aliphatic heterocycles. The van der Waals surface area contributed by atoms with Crippen LogP contribution in [0.25, 0.3) is 10.8 Å². The van der Waals surface area contributed by atoms with Crippen molar-refractivity contribution < 1.29 is 9.90 Å². The maximum atomic E-state index is 12.1. The van der Waals surface area contributed by atoms with Crippen molar-refractivity contribution in [3.63, 3.8) is 0 Å². The highest BCUT2D eigenvalue weighted by molar-refractivity contribution is 6.10. The minimum Gasteiger partial charge on any atom is -0.507 e. The summed E-state index contributed by atoms with van der Waals surface area (Å²) in [5, 5.41) is 12.0. The second-order valence-electron chi connectivity index (χ2n) is 6.17. The van der Waals surface area contributed by atoms with Crippen LogP contribution in [0.5, 0.6) is 5.75 Å². The van der Waals surface area contributed by atoms with Crippen molar-refractivity contribution in [1.82, 2.24) is 0 Å². The number of rotatable bonds is 0. The number of carbonyl (C=O) groups is 1. The number of amides is 1. The number of benzene rings is 2. The summed E-state index contributed by atoms with van der Waals surface area (Å²) in [6.07, 6.45) is 0.461. The number of aromatic hydroxyl groups is 1. The molecule has 2 aliphatic rings. The topological polar surface area (TPSA) is 40.5 Å². The Labute approximate surface area is 111 Å². The van der Waals surface area contributed by atoms with E-state index >= 15 is 0 Å². The third-order valence-corrected chi connectivity index (χ3v) is 4.35. The van der Waals surface area contributed by atoms with Crippen molar-refractivity contribution in [1.29, 1.82) is 0 Å². The van der Waals surface area contributed by atoms with E-state index in [0.29, 0.717) is 12.2 Å². The molecule has 1 N–H and O–H groups in total. The number of nitrogens with zero attached hydrogens (tertiary/aromatic N) is 1. The Morgan fingerprint density at radius 2 is 2.05 bits per heavy atom. The zero-order valence-corrected chi connectivity index (χ0v) is 11.0. The third-order valence-electron chi connectivity index (χ3n) is 4.35. The maximum Gasteiger partial charge on any atom is 0.231 e. The second-order valence-corrected chi connectivity index (χ2v) is 6.17. The highest BCUT2D eigenvalue weighted by Gasteiger charge is 2.44. The van der Waals surface area contributed by atoms with E-state index in [9.17, 15) is 9.90 Å². The molecule has 0 spiro atoms. The zero-order valence-electron chi connectivity index (χ0n) is 11.0. The monoisotopic (exact) mass is 253 g/mol. The summed E-state index contributed by atoms with van der Waals surface area (Å²) < 4.78 is 0. The Bertz CT molecular complexity index is 746. The molecule has 2 heterocycles. The summed E-state index contributed by atoms with van der Waals surface area (Å²) in [6, 6.07) is 7.59. The van der Waals surface area contributed by atoms with E-state index in [4.69, 9.17) is 0 Å². The van der Waals surface area contributed by atoms with Crippen LogP contribution in [-0.2, 0) is 16.6 Å². The predicted octanol–water partition coefficient (Wildman–Crippen LogP) is 2.73. The average molecular weight is 253 g/mol. The summed E-state index contributed by atoms with van der Waals surface area (Å²) >= 11 is 0. The first-order chi connectivity index (χ1) is 8.99. The molecule has 96 valence electrons. The van der Waals surface area contributed by atoms with Crippen LogP contribution in [-0.4, -0.2) is 17.6 Å². The number of carbonyl (C=O) groups excluding carboxylic acids is 1. The van der Waals surface area contributed by atoms with E-state index in [1.165, 1.54) is 5.56 Å². The van der Waals surface area contributed by atoms with Gasteiger partial charge in [0.1, 0.15) is 5.75 Å². The number of fused-ring (bicyclic) bond motifs is 2. The highest BCUT2D eigenvalue weighted by atomic mass is 16.3. The normalized spacial score (nSPS) is 19.3. The second kappa shape index (κ2) is 3.10. The van der Waals surface area contributed by atoms with Crippen LogP contribution in [0.2, 0.25) is 0 Å². The quantitative estimate of drug-likeness (QED) is 0.784. The molecule has 1 amide bonds. The fourth-order valence-electron chi connectivity index (χ4n) is 3.61. The zero-order chi connectivity index (χ0) is 13.4. The van der Waals surface area contributed by atoms with Gasteiger partial charge in [-0.2, -0.15) is 0 Å². The predicted molar refractivity (Wildman–Crippen MR) is 74.7 cm³/mol. The van der Waals surface area contributed by atoms with Gasteiger partial charge in [0.25, 0.3) is 0 Å². The minimum absolute atomic E-state index is 0.0620. The van der Waals surface area contributed by atoms with Gasteiger partial charge in [-0.15, -0.1) is 0 Å². The molecule has 4 rings (SSSR count). The summed E-state index contributed by atoms with van der Waals surface area (Å²) in [6.45, 7) is 5.07. The van der Waals surface area contributed by atoms with Gasteiger partial charge in [0.2, 0.25) is 5.91 Å². The lowest BCUT2D eigenvalue weighted by atomic mass is 9.82. The molecule has 0 fully saturated rings. The van der Waals surface area contributed by atoms with Gasteiger partial charge in [-0.3, -0.25) is 4.79 Å². The van der Waals surface area contributed by atoms with E-state index in [0.717, 1.165) is 28.6 Å². The summed E-state index contributed by atoms with van der Waals surface area (Å²) in [5.74, 6) is 0.474. The Hall–Kier alpha value is -2.03. The average Bonchev–Trinajstić information content (AvgIpc) is 2.79. The Morgan fingerprint density at radius 3 is 2.84 bits per heavy atom. The van der Waals surface area contributed by atoms with Gasteiger partial charge in [0, 0.05) is 17.3 Å². The number of phenols is 1. The van der Waals surface area contributed by atoms with Crippen LogP contribution in [0.4, 0.5) is 5.69 Å². The van der Waals surface area contributed by atoms with Gasteiger partial charge in [-0.1, -0.05) is 26.0 Å². The highest BCUT2D eigenvalue weighted by Crippen LogP contribution is 2.50. The minimum atomic E-state index is -0.0620. The molecule has 2 aromatic carbocycles. The molecule has 0 bridgehead atoms. The Morgan fingerprint density at radius 1 is 1.26 bits per heavy atom. The molecule has 0 aromatic heterocycles. The fraction of sp³-hybridized carbons (Fsp3) is 0.312. The van der Waals surface area contributed by atoms with Crippen molar-refractivity contribution in [2.24, 2.45) is 0 Å². The third kappa shape index (κ3) is 1.20. The Balaban J connectivity index is 2.21. The molecule has 0 atom stereocenters. The van der Waals surface area contributed by atoms with Crippen LogP contribution in [0.15, 0.2) is 24.3 Å². The summed E-state index contributed by atoms with van der Waals surface area (Å²) in [4.78, 5) is 14.0. The van der Waals surface area contributed by atoms with E-state index in [2.05, 4.69) is 13.8 Å². The molecule has 3 heteroatoms. The number of hydrogen-bond acceptors (Lipinski definition) is 2. The van der Waals surface area contributed by atoms with Crippen molar-refractivity contribution >= 4 is 22.4 Å². The largest absolute Gasteiger partial charge is 0.507 e. The van der Waals surface area contributed by atoms with Gasteiger partial charge in [0.15, 0.2) is 0 Å². The maximum absolute atomic E-state index is 12.1. The number of anilines is 1. The molecular weight excluding hydrogens is 238 g/mol. The van der Waals surface area contributed by atoms with Gasteiger partial charge in [-0.25, -0.2) is 0 Å². The van der Waals surface area contributed by atoms with E-state index < -0.39 is 0 Å². The number of phenolic OH excluding ortho intramolecular Hbond substituents is 1. The van der Waals surface area contributed by atoms with E-state index in [1.54, 1.807) is 6.07 Å². The van der Waals surface area contributed by atoms with Crippen molar-refractivity contribution in [3.05, 3.63) is 35.4 Å². The van der Waals surface area contributed by atoms with Crippen LogP contribution >= 0.6 is 0 Å². The van der Waals surface area contributed by atoms with Crippen LogP contribution in [0.3, 0.4) is 0 Å². The fourth-order valence-corrected chi connectivity index (χ4v) is 3.61. The van der Waals surface area contributed by atoms with Crippen LogP contribution in [0.1, 0.15) is 25.0 Å². The van der Waals surface area contributed by atoms with Crippen molar-refractivity contribution in [2.45, 2.75) is 25.7 Å². The van der Waals surface area contributed by atoms with Crippen molar-refractivity contribution in [3.8, 4) is 5.75 Å². The molecule has 19 heavy (non-hydrogen) atoms. The van der Waals surface area contributed by atoms with Gasteiger partial charge >= 0.3 is 0 Å². The molecule has 0 saturated heterocycles.